The maximum Gasteiger partial charge on any atom is 0.127 e. The third-order valence-electron chi connectivity index (χ3n) is 3.60. The van der Waals surface area contributed by atoms with Crippen molar-refractivity contribution in [3.05, 3.63) is 53.8 Å². The summed E-state index contributed by atoms with van der Waals surface area (Å²) >= 11 is 0. The van der Waals surface area contributed by atoms with Gasteiger partial charge in [-0.2, -0.15) is 0 Å². The average molecular weight is 212 g/mol. The smallest absolute Gasteiger partial charge is 0.127 e. The highest BCUT2D eigenvalue weighted by Gasteiger charge is 2.48. The summed E-state index contributed by atoms with van der Waals surface area (Å²) in [6, 6.07) is 8.18. The van der Waals surface area contributed by atoms with E-state index in [0.717, 1.165) is 11.5 Å². The molecule has 1 heteroatoms. The first-order valence-electron chi connectivity index (χ1n) is 5.81. The van der Waals surface area contributed by atoms with Crippen molar-refractivity contribution >= 4 is 0 Å². The number of hydrogen-bond acceptors (Lipinski definition) is 1. The van der Waals surface area contributed by atoms with Crippen molar-refractivity contribution in [2.75, 3.05) is 0 Å². The number of allylic oxidation sites excluding steroid dienone is 3. The Morgan fingerprint density at radius 3 is 2.69 bits per heavy atom. The minimum Gasteiger partial charge on any atom is -0.458 e. The van der Waals surface area contributed by atoms with E-state index in [0.29, 0.717) is 11.3 Å². The Hall–Kier alpha value is -1.50. The second-order valence-electron chi connectivity index (χ2n) is 5.13. The number of benzene rings is 1. The number of hydrogen-bond donors (Lipinski definition) is 0. The fourth-order valence-electron chi connectivity index (χ4n) is 2.19. The molecule has 0 spiro atoms. The van der Waals surface area contributed by atoms with Crippen LogP contribution < -0.4 is 4.74 Å². The maximum atomic E-state index is 5.83. The SMILES string of the molecule is Cc1ccc(OC2=CC3CC3(C)C=C2)cc1. The summed E-state index contributed by atoms with van der Waals surface area (Å²) in [6.45, 7) is 4.38. The molecular weight excluding hydrogens is 196 g/mol. The third kappa shape index (κ3) is 1.67. The summed E-state index contributed by atoms with van der Waals surface area (Å²) in [4.78, 5) is 0. The lowest BCUT2D eigenvalue weighted by Gasteiger charge is -2.12. The van der Waals surface area contributed by atoms with Crippen LogP contribution in [-0.4, -0.2) is 0 Å². The predicted octanol–water partition coefficient (Wildman–Crippen LogP) is 3.85. The summed E-state index contributed by atoms with van der Waals surface area (Å²) in [5, 5.41) is 0. The molecule has 0 saturated heterocycles. The predicted molar refractivity (Wildman–Crippen MR) is 65.2 cm³/mol. The summed E-state index contributed by atoms with van der Waals surface area (Å²) in [5.41, 5.74) is 1.69. The Morgan fingerprint density at radius 2 is 2.00 bits per heavy atom. The topological polar surface area (TPSA) is 9.23 Å². The molecule has 0 radical (unpaired) electrons. The number of ether oxygens (including phenoxy) is 1. The van der Waals surface area contributed by atoms with Crippen LogP contribution in [0.15, 0.2) is 48.3 Å². The first-order chi connectivity index (χ1) is 7.66. The van der Waals surface area contributed by atoms with Crippen molar-refractivity contribution in [1.29, 1.82) is 0 Å². The molecule has 0 heterocycles. The molecule has 0 amide bonds. The molecule has 1 aromatic carbocycles. The number of fused-ring (bicyclic) bond motifs is 1. The van der Waals surface area contributed by atoms with E-state index in [-0.39, 0.29) is 0 Å². The number of rotatable bonds is 2. The van der Waals surface area contributed by atoms with E-state index < -0.39 is 0 Å². The van der Waals surface area contributed by atoms with Crippen LogP contribution in [0, 0.1) is 18.3 Å². The van der Waals surface area contributed by atoms with E-state index in [4.69, 9.17) is 4.74 Å². The van der Waals surface area contributed by atoms with Gasteiger partial charge in [0.05, 0.1) is 0 Å². The Labute approximate surface area is 96.4 Å². The fraction of sp³-hybridized carbons (Fsp3) is 0.333. The molecule has 0 aliphatic heterocycles. The van der Waals surface area contributed by atoms with Gasteiger partial charge in [0.15, 0.2) is 0 Å². The Balaban J connectivity index is 1.75. The van der Waals surface area contributed by atoms with Gasteiger partial charge in [-0.15, -0.1) is 0 Å². The van der Waals surface area contributed by atoms with Crippen molar-refractivity contribution < 1.29 is 4.74 Å². The standard InChI is InChI=1S/C15H16O/c1-11-3-5-13(6-4-11)16-14-7-8-15(2)10-12(15)9-14/h3-9,12H,10H2,1-2H3. The molecule has 1 saturated carbocycles. The molecule has 0 bridgehead atoms. The summed E-state index contributed by atoms with van der Waals surface area (Å²) in [5.74, 6) is 2.60. The fourth-order valence-corrected chi connectivity index (χ4v) is 2.19. The van der Waals surface area contributed by atoms with Crippen LogP contribution in [0.2, 0.25) is 0 Å². The maximum absolute atomic E-state index is 5.83. The first kappa shape index (κ1) is 9.71. The molecule has 82 valence electrons. The Bertz CT molecular complexity index is 467. The van der Waals surface area contributed by atoms with Crippen LogP contribution >= 0.6 is 0 Å². The lowest BCUT2D eigenvalue weighted by atomic mass is 10.0. The summed E-state index contributed by atoms with van der Waals surface area (Å²) < 4.78 is 5.83. The van der Waals surface area contributed by atoms with Crippen molar-refractivity contribution in [2.45, 2.75) is 20.3 Å². The zero-order valence-electron chi connectivity index (χ0n) is 9.73. The molecule has 1 fully saturated rings. The molecule has 0 aromatic heterocycles. The highest BCUT2D eigenvalue weighted by Crippen LogP contribution is 2.56. The molecule has 2 unspecified atom stereocenters. The minimum atomic E-state index is 0.431. The van der Waals surface area contributed by atoms with E-state index in [2.05, 4.69) is 44.2 Å². The van der Waals surface area contributed by atoms with E-state index in [1.54, 1.807) is 0 Å². The lowest BCUT2D eigenvalue weighted by molar-refractivity contribution is 0.434. The highest BCUT2D eigenvalue weighted by atomic mass is 16.5. The Morgan fingerprint density at radius 1 is 1.25 bits per heavy atom. The largest absolute Gasteiger partial charge is 0.458 e. The molecular formula is C15H16O. The second-order valence-corrected chi connectivity index (χ2v) is 5.13. The van der Waals surface area contributed by atoms with Crippen molar-refractivity contribution in [3.63, 3.8) is 0 Å². The van der Waals surface area contributed by atoms with Gasteiger partial charge in [-0.25, -0.2) is 0 Å². The van der Waals surface area contributed by atoms with Crippen LogP contribution in [0.5, 0.6) is 5.75 Å². The second kappa shape index (κ2) is 3.24. The molecule has 0 N–H and O–H groups in total. The average Bonchev–Trinajstić information content (AvgIpc) is 2.93. The van der Waals surface area contributed by atoms with Crippen LogP contribution in [0.4, 0.5) is 0 Å². The van der Waals surface area contributed by atoms with E-state index in [9.17, 15) is 0 Å². The zero-order chi connectivity index (χ0) is 11.2. The lowest BCUT2D eigenvalue weighted by Crippen LogP contribution is -2.01. The van der Waals surface area contributed by atoms with Gasteiger partial charge in [-0.05, 0) is 49.0 Å². The van der Waals surface area contributed by atoms with Crippen LogP contribution in [0.25, 0.3) is 0 Å². The van der Waals surface area contributed by atoms with Gasteiger partial charge in [0.1, 0.15) is 11.5 Å². The molecule has 3 rings (SSSR count). The molecule has 2 atom stereocenters. The summed E-state index contributed by atoms with van der Waals surface area (Å²) in [6.07, 6.45) is 7.90. The van der Waals surface area contributed by atoms with Gasteiger partial charge in [-0.1, -0.05) is 30.7 Å². The monoisotopic (exact) mass is 212 g/mol. The van der Waals surface area contributed by atoms with Crippen LogP contribution in [-0.2, 0) is 0 Å². The normalized spacial score (nSPS) is 30.6. The highest BCUT2D eigenvalue weighted by molar-refractivity contribution is 5.35. The van der Waals surface area contributed by atoms with E-state index >= 15 is 0 Å². The Kier molecular flexibility index (Phi) is 1.97. The van der Waals surface area contributed by atoms with Crippen molar-refractivity contribution in [1.82, 2.24) is 0 Å². The molecule has 1 aromatic rings. The molecule has 2 aliphatic rings. The molecule has 16 heavy (non-hydrogen) atoms. The van der Waals surface area contributed by atoms with Crippen molar-refractivity contribution in [3.8, 4) is 5.75 Å². The van der Waals surface area contributed by atoms with Gasteiger partial charge in [-0.3, -0.25) is 0 Å². The van der Waals surface area contributed by atoms with Crippen LogP contribution in [0.3, 0.4) is 0 Å². The summed E-state index contributed by atoms with van der Waals surface area (Å²) in [7, 11) is 0. The third-order valence-corrected chi connectivity index (χ3v) is 3.60. The minimum absolute atomic E-state index is 0.431. The van der Waals surface area contributed by atoms with Gasteiger partial charge in [0.2, 0.25) is 0 Å². The molecule has 2 aliphatic carbocycles. The van der Waals surface area contributed by atoms with Gasteiger partial charge < -0.3 is 4.74 Å². The van der Waals surface area contributed by atoms with Gasteiger partial charge in [0.25, 0.3) is 0 Å². The van der Waals surface area contributed by atoms with Gasteiger partial charge >= 0.3 is 0 Å². The zero-order valence-corrected chi connectivity index (χ0v) is 9.73. The van der Waals surface area contributed by atoms with Crippen molar-refractivity contribution in [2.24, 2.45) is 11.3 Å². The van der Waals surface area contributed by atoms with E-state index in [1.807, 2.05) is 12.1 Å². The number of aryl methyl sites for hydroxylation is 1. The van der Waals surface area contributed by atoms with Crippen LogP contribution in [0.1, 0.15) is 18.9 Å². The first-order valence-corrected chi connectivity index (χ1v) is 5.81. The quantitative estimate of drug-likeness (QED) is 0.723. The molecule has 1 nitrogen and oxygen atoms in total. The van der Waals surface area contributed by atoms with E-state index in [1.165, 1.54) is 12.0 Å². The van der Waals surface area contributed by atoms with Gasteiger partial charge in [0, 0.05) is 0 Å².